The number of likely N-dealkylation sites (tertiary alicyclic amines) is 1. The van der Waals surface area contributed by atoms with Gasteiger partial charge in [0, 0.05) is 36.1 Å². The Labute approximate surface area is 204 Å². The molecule has 0 radical (unpaired) electrons. The molecule has 1 aromatic heterocycles. The number of amides is 1. The summed E-state index contributed by atoms with van der Waals surface area (Å²) in [5.41, 5.74) is 4.16. The van der Waals surface area contributed by atoms with Crippen LogP contribution in [0, 0.1) is 11.7 Å². The number of halogens is 1. The van der Waals surface area contributed by atoms with Gasteiger partial charge in [-0.2, -0.15) is 5.10 Å². The first kappa shape index (κ1) is 23.5. The second kappa shape index (κ2) is 10.6. The Balaban J connectivity index is 1.22. The van der Waals surface area contributed by atoms with Crippen LogP contribution in [0.1, 0.15) is 40.9 Å². The van der Waals surface area contributed by atoms with Crippen molar-refractivity contribution in [2.45, 2.75) is 25.8 Å². The Morgan fingerprint density at radius 3 is 3.09 bits per heavy atom. The van der Waals surface area contributed by atoms with Crippen LogP contribution in [0.3, 0.4) is 0 Å². The molecule has 2 aliphatic rings. The third-order valence-corrected chi connectivity index (χ3v) is 6.92. The lowest BCUT2D eigenvalue weighted by molar-refractivity contribution is 0.0930. The highest BCUT2D eigenvalue weighted by atomic mass is 19.1. The molecule has 2 N–H and O–H groups in total. The molecule has 1 atom stereocenters. The van der Waals surface area contributed by atoms with Crippen LogP contribution in [0.2, 0.25) is 0 Å². The van der Waals surface area contributed by atoms with Crippen molar-refractivity contribution < 1.29 is 18.7 Å². The summed E-state index contributed by atoms with van der Waals surface area (Å²) < 4.78 is 25.2. The summed E-state index contributed by atoms with van der Waals surface area (Å²) in [7, 11) is 1.57. The maximum absolute atomic E-state index is 14.4. The molecule has 3 aromatic rings. The lowest BCUT2D eigenvalue weighted by atomic mass is 9.97. The zero-order chi connectivity index (χ0) is 24.2. The Morgan fingerprint density at radius 1 is 1.34 bits per heavy atom. The molecule has 0 bridgehead atoms. The topological polar surface area (TPSA) is 79.5 Å². The molecule has 8 heteroatoms. The zero-order valence-electron chi connectivity index (χ0n) is 20.0. The van der Waals surface area contributed by atoms with Gasteiger partial charge in [-0.25, -0.2) is 4.39 Å². The van der Waals surface area contributed by atoms with E-state index in [1.807, 2.05) is 18.2 Å². The van der Waals surface area contributed by atoms with Gasteiger partial charge in [0.2, 0.25) is 0 Å². The van der Waals surface area contributed by atoms with E-state index in [2.05, 4.69) is 26.5 Å². The number of ether oxygens (including phenoxy) is 2. The van der Waals surface area contributed by atoms with Gasteiger partial charge in [0.15, 0.2) is 0 Å². The molecule has 35 heavy (non-hydrogen) atoms. The van der Waals surface area contributed by atoms with Crippen LogP contribution < -0.4 is 10.1 Å². The minimum atomic E-state index is -0.245. The normalized spacial score (nSPS) is 18.9. The minimum Gasteiger partial charge on any atom is -0.496 e. The van der Waals surface area contributed by atoms with E-state index in [9.17, 15) is 9.18 Å². The first-order valence-electron chi connectivity index (χ1n) is 12.2. The zero-order valence-corrected chi connectivity index (χ0v) is 20.0. The molecule has 1 saturated heterocycles. The van der Waals surface area contributed by atoms with Crippen LogP contribution in [0.25, 0.3) is 16.5 Å². The molecule has 0 saturated carbocycles. The van der Waals surface area contributed by atoms with Gasteiger partial charge in [0.25, 0.3) is 5.91 Å². The van der Waals surface area contributed by atoms with Crippen LogP contribution in [0.15, 0.2) is 42.5 Å². The number of H-pyrrole nitrogens is 1. The summed E-state index contributed by atoms with van der Waals surface area (Å²) in [5.74, 6) is 0.551. The van der Waals surface area contributed by atoms with E-state index < -0.39 is 0 Å². The van der Waals surface area contributed by atoms with E-state index in [4.69, 9.17) is 9.47 Å². The first-order chi connectivity index (χ1) is 17.1. The molecule has 7 nitrogen and oxygen atoms in total. The maximum atomic E-state index is 14.4. The third kappa shape index (κ3) is 5.23. The molecule has 3 heterocycles. The molecule has 0 unspecified atom stereocenters. The number of carbonyl (C=O) groups is 1. The van der Waals surface area contributed by atoms with Crippen molar-refractivity contribution in [3.8, 4) is 5.75 Å². The number of nitrogens with one attached hydrogen (secondary N) is 2. The number of fused-ring (bicyclic) bond motifs is 1. The van der Waals surface area contributed by atoms with Gasteiger partial charge in [0.1, 0.15) is 11.6 Å². The lowest BCUT2D eigenvalue weighted by Gasteiger charge is -2.33. The van der Waals surface area contributed by atoms with E-state index in [0.29, 0.717) is 49.1 Å². The average molecular weight is 479 g/mol. The molecule has 2 aliphatic heterocycles. The largest absolute Gasteiger partial charge is 0.496 e. The van der Waals surface area contributed by atoms with Crippen LogP contribution in [-0.2, 0) is 11.3 Å². The van der Waals surface area contributed by atoms with Crippen molar-refractivity contribution in [1.29, 1.82) is 0 Å². The highest BCUT2D eigenvalue weighted by Crippen LogP contribution is 2.28. The van der Waals surface area contributed by atoms with E-state index in [1.165, 1.54) is 6.07 Å². The van der Waals surface area contributed by atoms with Crippen molar-refractivity contribution in [1.82, 2.24) is 20.4 Å². The van der Waals surface area contributed by atoms with Crippen LogP contribution in [0.4, 0.5) is 4.39 Å². The smallest absolute Gasteiger partial charge is 0.251 e. The van der Waals surface area contributed by atoms with Gasteiger partial charge in [-0.3, -0.25) is 14.8 Å². The number of rotatable bonds is 7. The number of piperidine rings is 1. The number of benzene rings is 2. The van der Waals surface area contributed by atoms with Gasteiger partial charge in [0.05, 0.1) is 31.5 Å². The van der Waals surface area contributed by atoms with Crippen molar-refractivity contribution in [3.63, 3.8) is 0 Å². The summed E-state index contributed by atoms with van der Waals surface area (Å²) in [6.07, 6.45) is 4.91. The molecular formula is C27H31FN4O3. The third-order valence-electron chi connectivity index (χ3n) is 6.92. The molecule has 0 aliphatic carbocycles. The predicted octanol–water partition coefficient (Wildman–Crippen LogP) is 4.16. The molecule has 0 spiro atoms. The molecule has 2 aromatic carbocycles. The Kier molecular flexibility index (Phi) is 7.11. The summed E-state index contributed by atoms with van der Waals surface area (Å²) >= 11 is 0. The standard InChI is InChI=1S/C27H31FN4O3/c1-34-25-6-2-5-23(28)22(25)17-32-11-3-4-18(16-32)15-29-27(33)20-7-8-24-21(14-20)26(31-30-24)19-9-12-35-13-10-19/h2,5-9,14,18H,3-4,10-13,15-17H2,1H3,(H,29,33)(H,30,31)/t18-/m0/s1. The number of carbonyl (C=O) groups excluding carboxylic acids is 1. The number of aromatic nitrogens is 2. The first-order valence-corrected chi connectivity index (χ1v) is 12.2. The average Bonchev–Trinajstić information content (AvgIpc) is 3.32. The summed E-state index contributed by atoms with van der Waals surface area (Å²) in [4.78, 5) is 15.2. The van der Waals surface area contributed by atoms with Crippen LogP contribution >= 0.6 is 0 Å². The van der Waals surface area contributed by atoms with Crippen molar-refractivity contribution in [2.24, 2.45) is 5.92 Å². The highest BCUT2D eigenvalue weighted by Gasteiger charge is 2.23. The lowest BCUT2D eigenvalue weighted by Crippen LogP contribution is -2.40. The second-order valence-electron chi connectivity index (χ2n) is 9.26. The fourth-order valence-electron chi connectivity index (χ4n) is 5.05. The Hall–Kier alpha value is -3.23. The maximum Gasteiger partial charge on any atom is 0.251 e. The summed E-state index contributed by atoms with van der Waals surface area (Å²) in [6, 6.07) is 10.6. The van der Waals surface area contributed by atoms with Gasteiger partial charge in [-0.1, -0.05) is 12.1 Å². The van der Waals surface area contributed by atoms with Gasteiger partial charge in [-0.05, 0) is 67.6 Å². The van der Waals surface area contributed by atoms with E-state index >= 15 is 0 Å². The van der Waals surface area contributed by atoms with Crippen LogP contribution in [0.5, 0.6) is 5.75 Å². The van der Waals surface area contributed by atoms with E-state index in [-0.39, 0.29) is 11.7 Å². The summed E-state index contributed by atoms with van der Waals surface area (Å²) in [5, 5.41) is 11.6. The van der Waals surface area contributed by atoms with Crippen molar-refractivity contribution in [2.75, 3.05) is 40.0 Å². The molecule has 1 amide bonds. The fraction of sp³-hybridized carbons (Fsp3) is 0.407. The quantitative estimate of drug-likeness (QED) is 0.533. The number of aromatic amines is 1. The second-order valence-corrected chi connectivity index (χ2v) is 9.26. The van der Waals surface area contributed by atoms with Gasteiger partial charge < -0.3 is 14.8 Å². The molecule has 184 valence electrons. The predicted molar refractivity (Wildman–Crippen MR) is 133 cm³/mol. The van der Waals surface area contributed by atoms with E-state index in [0.717, 1.165) is 54.5 Å². The Bertz CT molecular complexity index is 1240. The Morgan fingerprint density at radius 2 is 2.26 bits per heavy atom. The number of methoxy groups -OCH3 is 1. The molecule has 5 rings (SSSR count). The monoisotopic (exact) mass is 478 g/mol. The number of nitrogens with zero attached hydrogens (tertiary/aromatic N) is 2. The van der Waals surface area contributed by atoms with Gasteiger partial charge in [-0.15, -0.1) is 0 Å². The van der Waals surface area contributed by atoms with Crippen LogP contribution in [-0.4, -0.2) is 61.0 Å². The summed E-state index contributed by atoms with van der Waals surface area (Å²) in [6.45, 7) is 4.07. The van der Waals surface area contributed by atoms with Gasteiger partial charge >= 0.3 is 0 Å². The molecular weight excluding hydrogens is 447 g/mol. The number of hydrogen-bond acceptors (Lipinski definition) is 5. The van der Waals surface area contributed by atoms with E-state index in [1.54, 1.807) is 19.2 Å². The van der Waals surface area contributed by atoms with Crippen molar-refractivity contribution in [3.05, 3.63) is 65.1 Å². The minimum absolute atomic E-state index is 0.0899. The van der Waals surface area contributed by atoms with Crippen molar-refractivity contribution >= 4 is 22.4 Å². The highest BCUT2D eigenvalue weighted by molar-refractivity contribution is 6.00. The molecule has 1 fully saturated rings. The SMILES string of the molecule is COc1cccc(F)c1CN1CCC[C@@H](CNC(=O)c2ccc3[nH]nc(C4=CCOCC4)c3c2)C1. The number of hydrogen-bond donors (Lipinski definition) is 2. The fourth-order valence-corrected chi connectivity index (χ4v) is 5.05.